The molecule has 0 radical (unpaired) electrons. The first-order chi connectivity index (χ1) is 9.04. The number of nitrogens with zero attached hydrogens (tertiary/aromatic N) is 2. The molecule has 1 heterocycles. The summed E-state index contributed by atoms with van der Waals surface area (Å²) in [6, 6.07) is 5.69. The molecule has 5 heteroatoms. The molecule has 0 aromatic heterocycles. The zero-order valence-corrected chi connectivity index (χ0v) is 11.7. The minimum atomic E-state index is -0.339. The molecular weight excluding hydrogens is 242 g/mol. The van der Waals surface area contributed by atoms with Crippen LogP contribution in [0, 0.1) is 0 Å². The Morgan fingerprint density at radius 2 is 2.16 bits per heavy atom. The summed E-state index contributed by atoms with van der Waals surface area (Å²) < 4.78 is 4.85. The predicted molar refractivity (Wildman–Crippen MR) is 76.5 cm³/mol. The number of carbonyl (C=O) groups excluding carboxylic acids is 1. The highest BCUT2D eigenvalue weighted by Gasteiger charge is 2.27. The molecule has 2 N–H and O–H groups in total. The Balaban J connectivity index is 2.40. The van der Waals surface area contributed by atoms with Crippen LogP contribution in [0.1, 0.15) is 17.3 Å². The van der Waals surface area contributed by atoms with Crippen LogP contribution in [0.5, 0.6) is 0 Å². The van der Waals surface area contributed by atoms with Gasteiger partial charge in [-0.2, -0.15) is 0 Å². The predicted octanol–water partition coefficient (Wildman–Crippen LogP) is 1.20. The Morgan fingerprint density at radius 1 is 1.42 bits per heavy atom. The first kappa shape index (κ1) is 13.7. The molecule has 5 nitrogen and oxygen atoms in total. The fourth-order valence-electron chi connectivity index (χ4n) is 2.63. The van der Waals surface area contributed by atoms with E-state index in [9.17, 15) is 4.79 Å². The molecule has 1 saturated heterocycles. The Morgan fingerprint density at radius 3 is 2.79 bits per heavy atom. The minimum absolute atomic E-state index is 0.312. The quantitative estimate of drug-likeness (QED) is 0.641. The van der Waals surface area contributed by atoms with Gasteiger partial charge in [-0.1, -0.05) is 6.07 Å². The molecular formula is C14H21N3O2. The van der Waals surface area contributed by atoms with E-state index in [0.29, 0.717) is 17.3 Å². The Hall–Kier alpha value is -1.75. The van der Waals surface area contributed by atoms with Gasteiger partial charge < -0.3 is 20.3 Å². The van der Waals surface area contributed by atoms with Crippen LogP contribution in [0.15, 0.2) is 18.2 Å². The number of benzene rings is 1. The normalized spacial score (nSPS) is 20.4. The molecule has 19 heavy (non-hydrogen) atoms. The number of piperazine rings is 1. The van der Waals surface area contributed by atoms with Crippen molar-refractivity contribution in [2.24, 2.45) is 0 Å². The number of ether oxygens (including phenoxy) is 1. The van der Waals surface area contributed by atoms with Gasteiger partial charge in [0.2, 0.25) is 0 Å². The topological polar surface area (TPSA) is 58.8 Å². The molecule has 0 saturated carbocycles. The lowest BCUT2D eigenvalue weighted by atomic mass is 10.1. The van der Waals surface area contributed by atoms with Crippen LogP contribution < -0.4 is 10.6 Å². The zero-order chi connectivity index (χ0) is 14.0. The van der Waals surface area contributed by atoms with Crippen molar-refractivity contribution in [1.82, 2.24) is 4.90 Å². The van der Waals surface area contributed by atoms with Crippen LogP contribution in [0.3, 0.4) is 0 Å². The van der Waals surface area contributed by atoms with Gasteiger partial charge in [-0.05, 0) is 26.1 Å². The third-order valence-electron chi connectivity index (χ3n) is 3.59. The number of para-hydroxylation sites is 1. The van der Waals surface area contributed by atoms with E-state index in [1.54, 1.807) is 12.1 Å². The molecule has 1 atom stereocenters. The second kappa shape index (κ2) is 5.48. The molecule has 1 aliphatic rings. The van der Waals surface area contributed by atoms with E-state index >= 15 is 0 Å². The number of hydrogen-bond donors (Lipinski definition) is 1. The molecule has 1 unspecified atom stereocenters. The maximum absolute atomic E-state index is 11.9. The number of methoxy groups -OCH3 is 1. The van der Waals surface area contributed by atoms with Crippen molar-refractivity contribution < 1.29 is 9.53 Å². The number of nitrogens with two attached hydrogens (primary N) is 1. The highest BCUT2D eigenvalue weighted by atomic mass is 16.5. The molecule has 1 aromatic rings. The standard InChI is InChI=1S/C14H21N3O2/c1-10-9-16(2)7-8-17(10)13-11(14(18)19-3)5-4-6-12(13)15/h4-6,10H,7-9,15H2,1-3H3. The lowest BCUT2D eigenvalue weighted by Crippen LogP contribution is -2.51. The first-order valence-electron chi connectivity index (χ1n) is 6.46. The van der Waals surface area contributed by atoms with Crippen molar-refractivity contribution >= 4 is 17.3 Å². The van der Waals surface area contributed by atoms with Gasteiger partial charge in [-0.3, -0.25) is 0 Å². The lowest BCUT2D eigenvalue weighted by Gasteiger charge is -2.40. The summed E-state index contributed by atoms with van der Waals surface area (Å²) in [5, 5.41) is 0. The van der Waals surface area contributed by atoms with Crippen LogP contribution in [-0.2, 0) is 4.74 Å². The molecule has 1 fully saturated rings. The molecule has 104 valence electrons. The number of likely N-dealkylation sites (N-methyl/N-ethyl adjacent to an activating group) is 1. The van der Waals surface area contributed by atoms with Crippen LogP contribution in [0.25, 0.3) is 0 Å². The number of rotatable bonds is 2. The summed E-state index contributed by atoms with van der Waals surface area (Å²) in [6.45, 7) is 4.91. The summed E-state index contributed by atoms with van der Waals surface area (Å²) in [5.41, 5.74) is 8.04. The van der Waals surface area contributed by atoms with E-state index in [2.05, 4.69) is 23.8 Å². The highest BCUT2D eigenvalue weighted by Crippen LogP contribution is 2.31. The van der Waals surface area contributed by atoms with Crippen molar-refractivity contribution in [2.45, 2.75) is 13.0 Å². The molecule has 1 aromatic carbocycles. The number of anilines is 2. The molecule has 0 spiro atoms. The van der Waals surface area contributed by atoms with Gasteiger partial charge in [0.05, 0.1) is 24.0 Å². The Kier molecular flexibility index (Phi) is 3.95. The maximum atomic E-state index is 11.9. The van der Waals surface area contributed by atoms with E-state index in [4.69, 9.17) is 10.5 Å². The smallest absolute Gasteiger partial charge is 0.340 e. The molecule has 1 aliphatic heterocycles. The van der Waals surface area contributed by atoms with Crippen molar-refractivity contribution in [1.29, 1.82) is 0 Å². The summed E-state index contributed by atoms with van der Waals surface area (Å²) >= 11 is 0. The second-order valence-corrected chi connectivity index (χ2v) is 5.04. The molecule has 0 bridgehead atoms. The lowest BCUT2D eigenvalue weighted by molar-refractivity contribution is 0.0601. The van der Waals surface area contributed by atoms with E-state index in [-0.39, 0.29) is 5.97 Å². The van der Waals surface area contributed by atoms with E-state index in [1.165, 1.54) is 7.11 Å². The number of nitrogen functional groups attached to an aromatic ring is 1. The zero-order valence-electron chi connectivity index (χ0n) is 11.7. The SMILES string of the molecule is COC(=O)c1cccc(N)c1N1CCN(C)CC1C. The fourth-order valence-corrected chi connectivity index (χ4v) is 2.63. The maximum Gasteiger partial charge on any atom is 0.340 e. The van der Waals surface area contributed by atoms with Crippen LogP contribution in [0.2, 0.25) is 0 Å². The monoisotopic (exact) mass is 263 g/mol. The summed E-state index contributed by atoms with van der Waals surface area (Å²) in [6.07, 6.45) is 0. The molecule has 0 amide bonds. The minimum Gasteiger partial charge on any atom is -0.465 e. The van der Waals surface area contributed by atoms with Crippen LogP contribution in [-0.4, -0.2) is 50.7 Å². The summed E-state index contributed by atoms with van der Waals surface area (Å²) in [5.74, 6) is -0.339. The Labute approximate surface area is 113 Å². The second-order valence-electron chi connectivity index (χ2n) is 5.04. The van der Waals surface area contributed by atoms with Crippen LogP contribution in [0.4, 0.5) is 11.4 Å². The largest absolute Gasteiger partial charge is 0.465 e. The first-order valence-corrected chi connectivity index (χ1v) is 6.46. The Bertz CT molecular complexity index is 476. The van der Waals surface area contributed by atoms with Crippen molar-refractivity contribution in [3.05, 3.63) is 23.8 Å². The van der Waals surface area contributed by atoms with Gasteiger partial charge in [0.25, 0.3) is 0 Å². The van der Waals surface area contributed by atoms with Gasteiger partial charge in [0.15, 0.2) is 0 Å². The number of esters is 1. The van der Waals surface area contributed by atoms with Gasteiger partial charge >= 0.3 is 5.97 Å². The number of hydrogen-bond acceptors (Lipinski definition) is 5. The van der Waals surface area contributed by atoms with E-state index < -0.39 is 0 Å². The van der Waals surface area contributed by atoms with Crippen molar-refractivity contribution in [2.75, 3.05) is 44.4 Å². The van der Waals surface area contributed by atoms with Gasteiger partial charge in [0.1, 0.15) is 0 Å². The van der Waals surface area contributed by atoms with Crippen molar-refractivity contribution in [3.63, 3.8) is 0 Å². The van der Waals surface area contributed by atoms with Crippen molar-refractivity contribution in [3.8, 4) is 0 Å². The fraction of sp³-hybridized carbons (Fsp3) is 0.500. The highest BCUT2D eigenvalue weighted by molar-refractivity contribution is 5.99. The average Bonchev–Trinajstić information content (AvgIpc) is 2.38. The molecule has 0 aliphatic carbocycles. The van der Waals surface area contributed by atoms with E-state index in [1.807, 2.05) is 6.07 Å². The summed E-state index contributed by atoms with van der Waals surface area (Å²) in [7, 11) is 3.49. The number of carbonyl (C=O) groups is 1. The van der Waals surface area contributed by atoms with Gasteiger partial charge in [-0.25, -0.2) is 4.79 Å². The average molecular weight is 263 g/mol. The van der Waals surface area contributed by atoms with Crippen LogP contribution >= 0.6 is 0 Å². The third kappa shape index (κ3) is 2.66. The van der Waals surface area contributed by atoms with E-state index in [0.717, 1.165) is 25.3 Å². The third-order valence-corrected chi connectivity index (χ3v) is 3.59. The summed E-state index contributed by atoms with van der Waals surface area (Å²) in [4.78, 5) is 16.4. The van der Waals surface area contributed by atoms with Gasteiger partial charge in [-0.15, -0.1) is 0 Å². The molecule has 2 rings (SSSR count). The van der Waals surface area contributed by atoms with Gasteiger partial charge in [0, 0.05) is 25.7 Å².